The fraction of sp³-hybridized carbons (Fsp3) is 0.690. The van der Waals surface area contributed by atoms with Gasteiger partial charge in [0, 0.05) is 48.7 Å². The Labute approximate surface area is 883 Å². The Bertz CT molecular complexity index is 4660. The third-order valence-corrected chi connectivity index (χ3v) is 23.4. The summed E-state index contributed by atoms with van der Waals surface area (Å²) in [6.07, 6.45) is -0.216. The predicted octanol–water partition coefficient (Wildman–Crippen LogP) is -14.2. The molecule has 149 heavy (non-hydrogen) atoms. The number of aliphatic hydroxyl groups is 3. The molecule has 0 aliphatic heterocycles. The number of carboxylic acids is 1. The zero-order valence-corrected chi connectivity index (χ0v) is 88.8. The first-order valence-corrected chi connectivity index (χ1v) is 50.6. The smallest absolute Gasteiger partial charge is 0.327 e. The molecular formula is C87H154N32O26S4. The molecule has 0 aliphatic carbocycles. The number of H-pyrrole nitrogens is 1. The number of aromatic nitrogens is 2. The lowest BCUT2D eigenvalue weighted by atomic mass is 10.0. The Morgan fingerprint density at radius 3 is 1.04 bits per heavy atom. The number of nitrogens with two attached hydrogens (primary N) is 8. The number of aromatic amines is 1. The zero-order chi connectivity index (χ0) is 113. The lowest BCUT2D eigenvalue weighted by Gasteiger charge is -2.28. The van der Waals surface area contributed by atoms with Crippen LogP contribution in [-0.4, -0.2) is 368 Å². The van der Waals surface area contributed by atoms with Crippen molar-refractivity contribution in [1.29, 1.82) is 0 Å². The van der Waals surface area contributed by atoms with Gasteiger partial charge in [0.2, 0.25) is 124 Å². The molecule has 0 aromatic carbocycles. The summed E-state index contributed by atoms with van der Waals surface area (Å²) in [7, 11) is 0. The van der Waals surface area contributed by atoms with Crippen LogP contribution in [0.1, 0.15) is 165 Å². The average Bonchev–Trinajstić information content (AvgIpc) is 1.53. The molecule has 0 spiro atoms. The summed E-state index contributed by atoms with van der Waals surface area (Å²) in [6, 6.07) is -30.6. The normalized spacial score (nSPS) is 15.4. The van der Waals surface area contributed by atoms with Gasteiger partial charge in [0.05, 0.1) is 44.3 Å². The highest BCUT2D eigenvalue weighted by atomic mass is 32.1. The van der Waals surface area contributed by atoms with Gasteiger partial charge in [0.1, 0.15) is 121 Å². The topological polar surface area (TPSA) is 959 Å². The minimum Gasteiger partial charge on any atom is -0.480 e. The minimum absolute atomic E-state index is 0.00776. The maximum absolute atomic E-state index is 14.5. The minimum atomic E-state index is -1.92. The van der Waals surface area contributed by atoms with Gasteiger partial charge in [0.15, 0.2) is 11.9 Å². The van der Waals surface area contributed by atoms with Crippen molar-refractivity contribution in [3.05, 3.63) is 18.2 Å². The summed E-state index contributed by atoms with van der Waals surface area (Å²) in [5.41, 5.74) is 44.8. The van der Waals surface area contributed by atoms with Crippen LogP contribution < -0.4 is 152 Å². The standard InChI is InChI=1S/C87H154N32O26S4/c1-39(2)26-53(110-67(126)42(7)101-70(129)48(90)32-120)75(134)104-44(9)68(127)111-56(29-62(91)123)77(136)108-49(18-12-14-22-88)74(133)115-60(36-148)81(140)116-59(35-147)80(139)113-55(28-47-30-96-38-100-47)78(137)118-64(41(5)6)83(142)99-31-63(124)105-58(34-146)82(141)119-65(46(11)122)84(143)109-50(19-13-15-23-89)72(131)107-52(21-17-25-98-87(94)95)73(132)114-57(33-121)79(138)112-54(27-40(3)4)76(135)103-43(8)66(125)106-51(20-16-24-97-86(92)93)71(130)102-45(10)69(128)117-61(37-149)85(144)145/h30,38-46,48-61,64-65,120-122,146-149H,12-29,31-37,88-90H2,1-11H3,(H2,91,123)(H,96,100)(H,99,142)(H,101,129)(H,102,130)(H,103,135)(H,104,134)(H,105,124)(H,106,125)(H,107,131)(H,108,136)(H,109,143)(H,110,126)(H,111,127)(H,112,138)(H,113,139)(H,114,132)(H,115,133)(H,116,140)(H,117,128)(H,118,137)(H,119,141)(H,144,145)(H4,92,93,97)(H4,94,95,98). The summed E-state index contributed by atoms with van der Waals surface area (Å²) in [5, 5.41) is 88.6. The highest BCUT2D eigenvalue weighted by Gasteiger charge is 2.41. The number of nitrogens with one attached hydrogen (secondary N) is 21. The molecule has 0 aliphatic rings. The number of imidazole rings is 1. The van der Waals surface area contributed by atoms with E-state index in [-0.39, 0.29) is 138 Å². The number of hydrogen-bond acceptors (Lipinski definition) is 35. The van der Waals surface area contributed by atoms with E-state index in [0.717, 1.165) is 6.92 Å². The summed E-state index contributed by atoms with van der Waals surface area (Å²) in [4.78, 5) is 315. The van der Waals surface area contributed by atoms with Crippen LogP contribution in [0.15, 0.2) is 22.5 Å². The van der Waals surface area contributed by atoms with Crippen LogP contribution in [0.2, 0.25) is 0 Å². The Kier molecular flexibility index (Phi) is 64.0. The number of aliphatic carboxylic acids is 1. The lowest BCUT2D eigenvalue weighted by molar-refractivity contribution is -0.141. The summed E-state index contributed by atoms with van der Waals surface area (Å²) in [5.74, 6) is -26.3. The van der Waals surface area contributed by atoms with Gasteiger partial charge in [-0.1, -0.05) is 41.5 Å². The van der Waals surface area contributed by atoms with Gasteiger partial charge in [0.25, 0.3) is 0 Å². The fourth-order valence-electron chi connectivity index (χ4n) is 13.6. The van der Waals surface area contributed by atoms with E-state index in [9.17, 15) is 126 Å². The number of hydrogen-bond donors (Lipinski definition) is 37. The summed E-state index contributed by atoms with van der Waals surface area (Å²) >= 11 is 16.6. The number of aliphatic imine (C=N–C) groups is 2. The highest BCUT2D eigenvalue weighted by molar-refractivity contribution is 7.80. The van der Waals surface area contributed by atoms with E-state index in [1.807, 2.05) is 0 Å². The third kappa shape index (κ3) is 51.8. The van der Waals surface area contributed by atoms with Crippen molar-refractivity contribution in [2.75, 3.05) is 68.9 Å². The number of carbonyl (C=O) groups excluding carboxylic acids is 21. The predicted molar refractivity (Wildman–Crippen MR) is 555 cm³/mol. The number of aliphatic hydroxyl groups excluding tert-OH is 3. The Morgan fingerprint density at radius 2 is 0.671 bits per heavy atom. The molecule has 41 N–H and O–H groups in total. The number of guanidine groups is 2. The molecule has 21 atom stereocenters. The second-order valence-electron chi connectivity index (χ2n) is 36.2. The molecule has 0 saturated heterocycles. The van der Waals surface area contributed by atoms with Crippen LogP contribution >= 0.6 is 50.5 Å². The Balaban J connectivity index is 3.46. The van der Waals surface area contributed by atoms with Gasteiger partial charge in [-0.2, -0.15) is 50.5 Å². The molecule has 62 heteroatoms. The number of carboxylic acid groups (broad SMARTS) is 1. The van der Waals surface area contributed by atoms with Gasteiger partial charge in [-0.15, -0.1) is 0 Å². The van der Waals surface area contributed by atoms with E-state index in [1.54, 1.807) is 27.7 Å². The molecule has 1 aromatic heterocycles. The van der Waals surface area contributed by atoms with Crippen molar-refractivity contribution in [3.8, 4) is 0 Å². The number of thiol groups is 4. The number of rotatable bonds is 73. The first-order chi connectivity index (χ1) is 70.0. The van der Waals surface area contributed by atoms with E-state index in [1.165, 1.54) is 54.1 Å². The molecule has 58 nitrogen and oxygen atoms in total. The Hall–Kier alpha value is -12.7. The molecule has 21 unspecified atom stereocenters. The van der Waals surface area contributed by atoms with Gasteiger partial charge < -0.3 is 178 Å². The molecule has 21 amide bonds. The van der Waals surface area contributed by atoms with E-state index in [2.05, 4.69) is 177 Å². The van der Waals surface area contributed by atoms with E-state index in [4.69, 9.17) is 45.9 Å². The van der Waals surface area contributed by atoms with Crippen LogP contribution in [0.25, 0.3) is 0 Å². The van der Waals surface area contributed by atoms with Gasteiger partial charge in [-0.05, 0) is 143 Å². The van der Waals surface area contributed by atoms with E-state index in [0.29, 0.717) is 6.42 Å². The molecular weight excluding hydrogens is 2040 g/mol. The number of amides is 21. The van der Waals surface area contributed by atoms with Crippen molar-refractivity contribution >= 4 is 192 Å². The summed E-state index contributed by atoms with van der Waals surface area (Å²) < 4.78 is 0. The van der Waals surface area contributed by atoms with Crippen LogP contribution in [-0.2, 0) is 112 Å². The second kappa shape index (κ2) is 71.0. The Morgan fingerprint density at radius 1 is 0.356 bits per heavy atom. The maximum atomic E-state index is 14.5. The molecule has 842 valence electrons. The van der Waals surface area contributed by atoms with Crippen LogP contribution in [0.3, 0.4) is 0 Å². The number of primary amides is 1. The first-order valence-electron chi connectivity index (χ1n) is 48.1. The zero-order valence-electron chi connectivity index (χ0n) is 85.2. The van der Waals surface area contributed by atoms with Crippen LogP contribution in [0, 0.1) is 17.8 Å². The van der Waals surface area contributed by atoms with Crippen LogP contribution in [0.5, 0.6) is 0 Å². The highest BCUT2D eigenvalue weighted by Crippen LogP contribution is 2.15. The van der Waals surface area contributed by atoms with Crippen molar-refractivity contribution in [1.82, 2.24) is 116 Å². The first kappa shape index (κ1) is 134. The number of unbranched alkanes of at least 4 members (excludes halogenated alkanes) is 2. The SMILES string of the molecule is CC(C)CC(NC(=O)C(C)NC(=O)C(N)CO)C(=O)NC(C)C(=O)NC(CC(N)=O)C(=O)NC(CCCCN)C(=O)NC(CS)C(=O)NC(CS)C(=O)NC(Cc1c[nH]cn1)C(=O)NC(C(=O)NCC(=O)NC(CS)C(=O)NC(C(=O)NC(CCCCN)C(=O)NC(CCCN=C(N)N)C(=O)NC(CO)C(=O)NC(CC(C)C)C(=O)NC(C)C(=O)NC(CCCN=C(N)N)C(=O)NC(C)C(=O)NC(CS)C(=O)O)C(C)O)C(C)C. The van der Waals surface area contributed by atoms with Gasteiger partial charge in [-0.25, -0.2) is 9.78 Å². The monoisotopic (exact) mass is 2190 g/mol. The molecule has 1 rings (SSSR count). The lowest BCUT2D eigenvalue weighted by Crippen LogP contribution is -2.62. The maximum Gasteiger partial charge on any atom is 0.327 e. The van der Waals surface area contributed by atoms with Crippen molar-refractivity contribution in [2.45, 2.75) is 293 Å². The molecule has 1 aromatic rings. The molecule has 0 radical (unpaired) electrons. The number of carbonyl (C=O) groups is 22. The van der Waals surface area contributed by atoms with Gasteiger partial charge in [-0.3, -0.25) is 111 Å². The largest absolute Gasteiger partial charge is 0.480 e. The van der Waals surface area contributed by atoms with Crippen LogP contribution in [0.4, 0.5) is 0 Å². The third-order valence-electron chi connectivity index (χ3n) is 22.0. The van der Waals surface area contributed by atoms with Crippen molar-refractivity contribution in [2.24, 2.45) is 73.6 Å². The van der Waals surface area contributed by atoms with E-state index >= 15 is 0 Å². The molecule has 0 fully saturated rings. The fourth-order valence-corrected chi connectivity index (χ4v) is 14.6. The van der Waals surface area contributed by atoms with Gasteiger partial charge >= 0.3 is 5.97 Å². The molecule has 1 heterocycles. The molecule has 0 bridgehead atoms. The number of nitrogens with zero attached hydrogens (tertiary/aromatic N) is 3. The summed E-state index contributed by atoms with van der Waals surface area (Å²) in [6.45, 7) is 13.3. The quantitative estimate of drug-likeness (QED) is 0.0125. The van der Waals surface area contributed by atoms with Crippen molar-refractivity contribution in [3.63, 3.8) is 0 Å². The second-order valence-corrected chi connectivity index (χ2v) is 37.6. The van der Waals surface area contributed by atoms with E-state index < -0.39 is 306 Å². The molecule has 0 saturated carbocycles. The average molecular weight is 2190 g/mol. The van der Waals surface area contributed by atoms with Crippen molar-refractivity contribution < 1.29 is 126 Å².